The number of halogens is 2. The fourth-order valence-corrected chi connectivity index (χ4v) is 5.87. The highest BCUT2D eigenvalue weighted by Crippen LogP contribution is 2.32. The number of imidazole rings is 1. The highest BCUT2D eigenvalue weighted by Gasteiger charge is 2.49. The van der Waals surface area contributed by atoms with E-state index in [1.165, 1.54) is 12.3 Å². The summed E-state index contributed by atoms with van der Waals surface area (Å²) in [5, 5.41) is 17.2. The fraction of sp³-hybridized carbons (Fsp3) is 0.414. The molecule has 3 aromatic heterocycles. The summed E-state index contributed by atoms with van der Waals surface area (Å²) in [6.07, 6.45) is 5.52. The number of piperidine rings is 1. The molecule has 0 bridgehead atoms. The second-order valence-corrected chi connectivity index (χ2v) is 11.2. The number of hydrogen-bond acceptors (Lipinski definition) is 8. The Morgan fingerprint density at radius 3 is 2.61 bits per heavy atom. The van der Waals surface area contributed by atoms with E-state index in [1.54, 1.807) is 30.0 Å². The molecule has 2 saturated heterocycles. The van der Waals surface area contributed by atoms with Crippen LogP contribution in [0.1, 0.15) is 55.3 Å². The van der Waals surface area contributed by atoms with Crippen LogP contribution in [-0.4, -0.2) is 71.7 Å². The van der Waals surface area contributed by atoms with Crippen LogP contribution < -0.4 is 10.6 Å². The number of aromatic nitrogens is 5. The molecule has 4 aromatic rings. The lowest BCUT2D eigenvalue weighted by Gasteiger charge is -2.51. The molecule has 1 aromatic carbocycles. The van der Waals surface area contributed by atoms with Gasteiger partial charge in [-0.1, -0.05) is 6.42 Å². The van der Waals surface area contributed by atoms with Gasteiger partial charge in [0.05, 0.1) is 30.4 Å². The summed E-state index contributed by atoms with van der Waals surface area (Å²) in [4.78, 5) is 31.5. The average Bonchev–Trinajstić information content (AvgIpc) is 3.29. The van der Waals surface area contributed by atoms with Crippen molar-refractivity contribution >= 4 is 28.7 Å². The molecular formula is C29H32F2N8O2. The van der Waals surface area contributed by atoms with E-state index in [0.29, 0.717) is 22.7 Å². The maximum Gasteiger partial charge on any atom is 0.255 e. The van der Waals surface area contributed by atoms with E-state index in [2.05, 4.69) is 30.6 Å². The second kappa shape index (κ2) is 10.4. The largest absolute Gasteiger partial charge is 0.385 e. The minimum atomic E-state index is -0.899. The quantitative estimate of drug-likeness (QED) is 0.321. The number of fused-ring (bicyclic) bond motifs is 1. The first kappa shape index (κ1) is 27.2. The smallest absolute Gasteiger partial charge is 0.255 e. The monoisotopic (exact) mass is 562 g/mol. The fourth-order valence-electron chi connectivity index (χ4n) is 5.87. The molecule has 10 nitrogen and oxygen atoms in total. The molecule has 2 fully saturated rings. The predicted molar refractivity (Wildman–Crippen MR) is 150 cm³/mol. The summed E-state index contributed by atoms with van der Waals surface area (Å²) in [7, 11) is 0. The standard InChI is InChI=1S/C29H32F2N8O2/c1-16(2)39-17(3)35-26-20(30)10-19(11-22(26)39)25-21(31)13-34-28(37-25)36-24-8-7-18(12-33-24)27(40)38-14-29(41,15-38)23-6-4-5-9-32-23/h7-8,10-13,16,23,32,41H,4-6,9,14-15H2,1-3H3,(H,33,34,36,37)/t23-/m0/s1. The first-order chi connectivity index (χ1) is 19.6. The van der Waals surface area contributed by atoms with Crippen molar-refractivity contribution in [2.75, 3.05) is 25.0 Å². The third-order valence-corrected chi connectivity index (χ3v) is 7.88. The van der Waals surface area contributed by atoms with Crippen molar-refractivity contribution in [2.24, 2.45) is 0 Å². The van der Waals surface area contributed by atoms with Crippen LogP contribution in [0.15, 0.2) is 36.7 Å². The molecule has 0 aliphatic carbocycles. The Morgan fingerprint density at radius 1 is 1.12 bits per heavy atom. The van der Waals surface area contributed by atoms with Crippen molar-refractivity contribution in [1.82, 2.24) is 34.7 Å². The Morgan fingerprint density at radius 2 is 1.93 bits per heavy atom. The lowest BCUT2D eigenvalue weighted by molar-refractivity contribution is -0.108. The van der Waals surface area contributed by atoms with Gasteiger partial charge in [-0.15, -0.1) is 0 Å². The number of amides is 1. The Labute approximate surface area is 235 Å². The molecule has 214 valence electrons. The van der Waals surface area contributed by atoms with Crippen LogP contribution in [0.4, 0.5) is 20.5 Å². The Kier molecular flexibility index (Phi) is 6.90. The molecule has 1 amide bonds. The summed E-state index contributed by atoms with van der Waals surface area (Å²) < 4.78 is 31.7. The number of aliphatic hydroxyl groups is 1. The first-order valence-electron chi connectivity index (χ1n) is 13.8. The summed E-state index contributed by atoms with van der Waals surface area (Å²) in [5.41, 5.74) is 0.450. The van der Waals surface area contributed by atoms with Gasteiger partial charge in [0.1, 0.15) is 28.5 Å². The van der Waals surface area contributed by atoms with Crippen molar-refractivity contribution in [3.05, 3.63) is 59.7 Å². The van der Waals surface area contributed by atoms with E-state index in [9.17, 15) is 18.7 Å². The van der Waals surface area contributed by atoms with Gasteiger partial charge in [0.2, 0.25) is 5.95 Å². The third kappa shape index (κ3) is 5.02. The van der Waals surface area contributed by atoms with E-state index in [-0.39, 0.29) is 53.8 Å². The van der Waals surface area contributed by atoms with Gasteiger partial charge in [-0.2, -0.15) is 0 Å². The van der Waals surface area contributed by atoms with Crippen molar-refractivity contribution < 1.29 is 18.7 Å². The number of β-amino-alcohol motifs (C(OH)–C–C–N with tert-alkyl or cyclic N) is 1. The van der Waals surface area contributed by atoms with Crippen molar-refractivity contribution in [3.8, 4) is 11.3 Å². The normalized spacial score (nSPS) is 18.5. The number of carbonyl (C=O) groups is 1. The average molecular weight is 563 g/mol. The Bertz CT molecular complexity index is 1610. The van der Waals surface area contributed by atoms with Gasteiger partial charge in [0.25, 0.3) is 5.91 Å². The Hall–Kier alpha value is -4.03. The topological polar surface area (TPSA) is 121 Å². The summed E-state index contributed by atoms with van der Waals surface area (Å²) >= 11 is 0. The third-order valence-electron chi connectivity index (χ3n) is 7.88. The molecule has 1 atom stereocenters. The van der Waals surface area contributed by atoms with Gasteiger partial charge in [0.15, 0.2) is 11.6 Å². The molecule has 0 spiro atoms. The molecule has 2 aliphatic heterocycles. The van der Waals surface area contributed by atoms with Crippen molar-refractivity contribution in [3.63, 3.8) is 0 Å². The van der Waals surface area contributed by atoms with Crippen LogP contribution in [0, 0.1) is 18.6 Å². The summed E-state index contributed by atoms with van der Waals surface area (Å²) in [5.74, 6) is -0.400. The lowest BCUT2D eigenvalue weighted by atomic mass is 9.81. The van der Waals surface area contributed by atoms with Crippen LogP contribution in [0.3, 0.4) is 0 Å². The molecule has 0 unspecified atom stereocenters. The van der Waals surface area contributed by atoms with Gasteiger partial charge in [-0.05, 0) is 64.4 Å². The number of pyridine rings is 1. The molecule has 41 heavy (non-hydrogen) atoms. The zero-order chi connectivity index (χ0) is 28.9. The molecule has 3 N–H and O–H groups in total. The summed E-state index contributed by atoms with van der Waals surface area (Å²) in [6.45, 7) is 7.18. The maximum atomic E-state index is 15.0. The Balaban J connectivity index is 1.18. The number of anilines is 2. The highest BCUT2D eigenvalue weighted by molar-refractivity contribution is 5.95. The molecule has 2 aliphatic rings. The highest BCUT2D eigenvalue weighted by atomic mass is 19.1. The first-order valence-corrected chi connectivity index (χ1v) is 13.8. The second-order valence-electron chi connectivity index (χ2n) is 11.2. The number of carbonyl (C=O) groups excluding carboxylic acids is 1. The molecule has 6 rings (SSSR count). The van der Waals surface area contributed by atoms with Gasteiger partial charge in [-0.3, -0.25) is 4.79 Å². The lowest BCUT2D eigenvalue weighted by Crippen LogP contribution is -2.72. The van der Waals surface area contributed by atoms with E-state index >= 15 is 0 Å². The molecule has 0 radical (unpaired) electrons. The van der Waals surface area contributed by atoms with Gasteiger partial charge < -0.3 is 25.2 Å². The molecule has 5 heterocycles. The predicted octanol–water partition coefficient (Wildman–Crippen LogP) is 4.13. The van der Waals surface area contributed by atoms with Crippen LogP contribution >= 0.6 is 0 Å². The van der Waals surface area contributed by atoms with Gasteiger partial charge in [0, 0.05) is 23.8 Å². The molecular weight excluding hydrogens is 530 g/mol. The molecule has 0 saturated carbocycles. The van der Waals surface area contributed by atoms with E-state index in [0.717, 1.165) is 32.0 Å². The van der Waals surface area contributed by atoms with Crippen LogP contribution in [0.2, 0.25) is 0 Å². The van der Waals surface area contributed by atoms with Crippen LogP contribution in [0.25, 0.3) is 22.3 Å². The minimum Gasteiger partial charge on any atom is -0.385 e. The van der Waals surface area contributed by atoms with E-state index < -0.39 is 17.2 Å². The zero-order valence-corrected chi connectivity index (χ0v) is 23.2. The summed E-state index contributed by atoms with van der Waals surface area (Å²) in [6, 6.07) is 6.15. The number of nitrogens with zero attached hydrogens (tertiary/aromatic N) is 6. The number of nitrogens with one attached hydrogen (secondary N) is 2. The maximum absolute atomic E-state index is 15.0. The number of aryl methyl sites for hydroxylation is 1. The van der Waals surface area contributed by atoms with E-state index in [4.69, 9.17) is 0 Å². The van der Waals surface area contributed by atoms with E-state index in [1.807, 2.05) is 18.4 Å². The zero-order valence-electron chi connectivity index (χ0n) is 23.2. The van der Waals surface area contributed by atoms with Crippen LogP contribution in [0.5, 0.6) is 0 Å². The van der Waals surface area contributed by atoms with Gasteiger partial charge >= 0.3 is 0 Å². The van der Waals surface area contributed by atoms with Crippen LogP contribution in [-0.2, 0) is 0 Å². The van der Waals surface area contributed by atoms with Gasteiger partial charge in [-0.25, -0.2) is 28.7 Å². The number of likely N-dealkylation sites (tertiary alicyclic amines) is 1. The number of rotatable bonds is 6. The van der Waals surface area contributed by atoms with Crippen molar-refractivity contribution in [2.45, 2.75) is 57.7 Å². The number of benzene rings is 1. The van der Waals surface area contributed by atoms with Crippen molar-refractivity contribution in [1.29, 1.82) is 0 Å². The minimum absolute atomic E-state index is 0.00508. The number of hydrogen-bond donors (Lipinski definition) is 3. The molecule has 12 heteroatoms. The SMILES string of the molecule is Cc1nc2c(F)cc(-c3nc(Nc4ccc(C(=O)N5CC(O)([C@@H]6CCCCN6)C5)cn4)ncc3F)cc2n1C(C)C.